The lowest BCUT2D eigenvalue weighted by molar-refractivity contribution is -0.384. The number of nitro groups is 1. The third-order valence-electron chi connectivity index (χ3n) is 2.46. The summed E-state index contributed by atoms with van der Waals surface area (Å²) in [6.45, 7) is 0. The van der Waals surface area contributed by atoms with Crippen LogP contribution in [-0.2, 0) is 0 Å². The van der Waals surface area contributed by atoms with Gasteiger partial charge in [0.2, 0.25) is 0 Å². The van der Waals surface area contributed by atoms with Crippen molar-refractivity contribution in [3.63, 3.8) is 0 Å². The van der Waals surface area contributed by atoms with Gasteiger partial charge in [-0.1, -0.05) is 6.07 Å². The average Bonchev–Trinajstić information content (AvgIpc) is 2.48. The fourth-order valence-electron chi connectivity index (χ4n) is 1.40. The number of rotatable bonds is 3. The van der Waals surface area contributed by atoms with E-state index in [0.29, 0.717) is 5.69 Å². The fraction of sp³-hybridized carbons (Fsp3) is 0. The Hall–Kier alpha value is -3.42. The Kier molecular flexibility index (Phi) is 5.58. The Morgan fingerprint density at radius 2 is 1.50 bits per heavy atom. The zero-order valence-corrected chi connectivity index (χ0v) is 11.2. The van der Waals surface area contributed by atoms with E-state index < -0.39 is 16.9 Å². The predicted octanol–water partition coefficient (Wildman–Crippen LogP) is 2.26. The summed E-state index contributed by atoms with van der Waals surface area (Å²) in [5.41, 5.74) is 5.96. The first-order valence-corrected chi connectivity index (χ1v) is 5.88. The van der Waals surface area contributed by atoms with E-state index in [4.69, 9.17) is 15.9 Å². The first-order chi connectivity index (χ1) is 10.3. The topological polar surface area (TPSA) is 144 Å². The minimum Gasteiger partial charge on any atom is -0.478 e. The number of non-ortho nitro benzene ring substituents is 1. The van der Waals surface area contributed by atoms with Gasteiger partial charge >= 0.3 is 11.9 Å². The number of nitrogens with zero attached hydrogens (tertiary/aromatic N) is 1. The van der Waals surface area contributed by atoms with Crippen LogP contribution >= 0.6 is 0 Å². The molecule has 2 aromatic carbocycles. The molecule has 0 fully saturated rings. The molecular formula is C14H12N2O6. The smallest absolute Gasteiger partial charge is 0.335 e. The highest BCUT2D eigenvalue weighted by Gasteiger charge is 2.06. The van der Waals surface area contributed by atoms with E-state index >= 15 is 0 Å². The number of carboxylic acid groups (broad SMARTS) is 2. The van der Waals surface area contributed by atoms with E-state index in [0.717, 1.165) is 12.1 Å². The molecule has 0 amide bonds. The molecule has 0 aliphatic rings. The Balaban J connectivity index is 0.000000224. The van der Waals surface area contributed by atoms with Gasteiger partial charge < -0.3 is 15.9 Å². The summed E-state index contributed by atoms with van der Waals surface area (Å²) in [6.07, 6.45) is 0. The van der Waals surface area contributed by atoms with Gasteiger partial charge in [0.05, 0.1) is 16.1 Å². The van der Waals surface area contributed by atoms with Crippen LogP contribution in [0.25, 0.3) is 0 Å². The number of nitrogen functional groups attached to an aromatic ring is 1. The number of hydrogen-bond acceptors (Lipinski definition) is 5. The lowest BCUT2D eigenvalue weighted by atomic mass is 10.2. The van der Waals surface area contributed by atoms with Gasteiger partial charge in [0.1, 0.15) is 0 Å². The van der Waals surface area contributed by atoms with Crippen LogP contribution in [0.1, 0.15) is 20.7 Å². The second-order valence-corrected chi connectivity index (χ2v) is 4.04. The molecule has 0 aliphatic carbocycles. The number of carbonyl (C=O) groups is 2. The Morgan fingerprint density at radius 1 is 0.955 bits per heavy atom. The summed E-state index contributed by atoms with van der Waals surface area (Å²) in [5, 5.41) is 27.0. The molecule has 0 heterocycles. The largest absolute Gasteiger partial charge is 0.478 e. The van der Waals surface area contributed by atoms with Crippen molar-refractivity contribution in [1.82, 2.24) is 0 Å². The normalized spacial score (nSPS) is 9.27. The van der Waals surface area contributed by atoms with E-state index in [2.05, 4.69) is 0 Å². The van der Waals surface area contributed by atoms with Crippen LogP contribution in [0, 0.1) is 10.1 Å². The van der Waals surface area contributed by atoms with E-state index in [1.165, 1.54) is 24.3 Å². The molecule has 0 spiro atoms. The number of aromatic carboxylic acids is 2. The molecule has 4 N–H and O–H groups in total. The molecule has 8 nitrogen and oxygen atoms in total. The second kappa shape index (κ2) is 7.39. The van der Waals surface area contributed by atoms with Crippen molar-refractivity contribution < 1.29 is 24.7 Å². The highest BCUT2D eigenvalue weighted by atomic mass is 16.6. The Morgan fingerprint density at radius 3 is 1.86 bits per heavy atom. The quantitative estimate of drug-likeness (QED) is 0.448. The number of hydrogen-bond donors (Lipinski definition) is 3. The van der Waals surface area contributed by atoms with E-state index in [-0.39, 0.29) is 16.8 Å². The standard InChI is InChI=1S/C7H5NO4.C7H7NO2/c9-7(10)5-1-3-6(4-2-5)8(11)12;8-6-3-1-2-5(4-6)7(9)10/h1-4H,(H,9,10);1-4H,8H2,(H,9,10). The molecule has 0 radical (unpaired) electrons. The Labute approximate surface area is 124 Å². The van der Waals surface area contributed by atoms with Gasteiger partial charge in [0, 0.05) is 17.8 Å². The number of nitrogens with two attached hydrogens (primary N) is 1. The third-order valence-corrected chi connectivity index (χ3v) is 2.46. The molecule has 2 aromatic rings. The van der Waals surface area contributed by atoms with Gasteiger partial charge in [-0.25, -0.2) is 9.59 Å². The summed E-state index contributed by atoms with van der Waals surface area (Å²) >= 11 is 0. The molecule has 0 aromatic heterocycles. The van der Waals surface area contributed by atoms with Crippen molar-refractivity contribution >= 4 is 23.3 Å². The minimum absolute atomic E-state index is 0.0422. The van der Waals surface area contributed by atoms with Gasteiger partial charge in [-0.2, -0.15) is 0 Å². The maximum Gasteiger partial charge on any atom is 0.335 e. The molecule has 8 heteroatoms. The second-order valence-electron chi connectivity index (χ2n) is 4.04. The lowest BCUT2D eigenvalue weighted by Gasteiger charge is -1.93. The highest BCUT2D eigenvalue weighted by Crippen LogP contribution is 2.11. The van der Waals surface area contributed by atoms with Crippen LogP contribution in [-0.4, -0.2) is 27.1 Å². The average molecular weight is 304 g/mol. The van der Waals surface area contributed by atoms with Crippen LogP contribution in [0.2, 0.25) is 0 Å². The maximum atomic E-state index is 10.3. The zero-order valence-electron chi connectivity index (χ0n) is 11.2. The van der Waals surface area contributed by atoms with Crippen molar-refractivity contribution in [2.24, 2.45) is 0 Å². The molecule has 22 heavy (non-hydrogen) atoms. The van der Waals surface area contributed by atoms with Crippen LogP contribution in [0.4, 0.5) is 11.4 Å². The van der Waals surface area contributed by atoms with Crippen LogP contribution in [0.5, 0.6) is 0 Å². The summed E-state index contributed by atoms with van der Waals surface area (Å²) < 4.78 is 0. The van der Waals surface area contributed by atoms with Gasteiger partial charge in [-0.15, -0.1) is 0 Å². The van der Waals surface area contributed by atoms with Crippen molar-refractivity contribution in [3.8, 4) is 0 Å². The first-order valence-electron chi connectivity index (χ1n) is 5.88. The van der Waals surface area contributed by atoms with Crippen LogP contribution < -0.4 is 5.73 Å². The monoisotopic (exact) mass is 304 g/mol. The first kappa shape index (κ1) is 16.6. The summed E-state index contributed by atoms with van der Waals surface area (Å²) in [7, 11) is 0. The molecule has 0 aliphatic heterocycles. The number of nitro benzene ring substituents is 1. The molecule has 0 atom stereocenters. The van der Waals surface area contributed by atoms with E-state index in [9.17, 15) is 19.7 Å². The molecule has 0 saturated heterocycles. The van der Waals surface area contributed by atoms with Crippen molar-refractivity contribution in [2.45, 2.75) is 0 Å². The van der Waals surface area contributed by atoms with Gasteiger partial charge in [0.25, 0.3) is 5.69 Å². The molecular weight excluding hydrogens is 292 g/mol. The maximum absolute atomic E-state index is 10.3. The molecule has 0 unspecified atom stereocenters. The third kappa shape index (κ3) is 4.93. The highest BCUT2D eigenvalue weighted by molar-refractivity contribution is 5.88. The SMILES string of the molecule is Nc1cccc(C(=O)O)c1.O=C(O)c1ccc([N+](=O)[O-])cc1. The number of anilines is 1. The molecule has 2 rings (SSSR count). The number of benzene rings is 2. The van der Waals surface area contributed by atoms with Gasteiger partial charge in [-0.05, 0) is 30.3 Å². The van der Waals surface area contributed by atoms with Crippen LogP contribution in [0.15, 0.2) is 48.5 Å². The van der Waals surface area contributed by atoms with Gasteiger partial charge in [0.15, 0.2) is 0 Å². The van der Waals surface area contributed by atoms with Gasteiger partial charge in [-0.3, -0.25) is 10.1 Å². The molecule has 0 bridgehead atoms. The van der Waals surface area contributed by atoms with E-state index in [1.807, 2.05) is 0 Å². The zero-order chi connectivity index (χ0) is 16.7. The molecule has 114 valence electrons. The number of carboxylic acids is 2. The minimum atomic E-state index is -1.09. The summed E-state index contributed by atoms with van der Waals surface area (Å²) in [5.74, 6) is -2.04. The summed E-state index contributed by atoms with van der Waals surface area (Å²) in [6, 6.07) is 10.9. The Bertz CT molecular complexity index is 664. The lowest BCUT2D eigenvalue weighted by Crippen LogP contribution is -1.96. The predicted molar refractivity (Wildman–Crippen MR) is 77.9 cm³/mol. The molecule has 0 saturated carbocycles. The van der Waals surface area contributed by atoms with Crippen molar-refractivity contribution in [1.29, 1.82) is 0 Å². The summed E-state index contributed by atoms with van der Waals surface area (Å²) in [4.78, 5) is 30.2. The fourth-order valence-corrected chi connectivity index (χ4v) is 1.40. The van der Waals surface area contributed by atoms with E-state index in [1.54, 1.807) is 12.1 Å². The van der Waals surface area contributed by atoms with Crippen LogP contribution in [0.3, 0.4) is 0 Å². The van der Waals surface area contributed by atoms with Crippen molar-refractivity contribution in [2.75, 3.05) is 5.73 Å². The van der Waals surface area contributed by atoms with Crippen molar-refractivity contribution in [3.05, 3.63) is 69.8 Å².